The van der Waals surface area contributed by atoms with Gasteiger partial charge in [0.05, 0.1) is 6.04 Å². The number of carbonyl (C=O) groups is 1. The minimum Gasteiger partial charge on any atom is -0.385 e. The summed E-state index contributed by atoms with van der Waals surface area (Å²) >= 11 is 0. The lowest BCUT2D eigenvalue weighted by Crippen LogP contribution is -2.47. The van der Waals surface area contributed by atoms with Gasteiger partial charge in [0.25, 0.3) is 0 Å². The molecule has 0 radical (unpaired) electrons. The number of nitrogens with two attached hydrogens (primary N) is 1. The van der Waals surface area contributed by atoms with Crippen molar-refractivity contribution < 1.29 is 9.53 Å². The topological polar surface area (TPSA) is 55.6 Å². The van der Waals surface area contributed by atoms with Crippen molar-refractivity contribution in [3.63, 3.8) is 0 Å². The van der Waals surface area contributed by atoms with E-state index < -0.39 is 6.04 Å². The van der Waals surface area contributed by atoms with Crippen LogP contribution in [-0.4, -0.2) is 43.7 Å². The Balaban J connectivity index is 1.76. The predicted octanol–water partition coefficient (Wildman–Crippen LogP) is 1.83. The largest absolute Gasteiger partial charge is 0.385 e. The SMILES string of the molecule is COCCC(N)C(=O)N1CCC(Cc2ccccc2)CC1. The fraction of sp³-hybridized carbons (Fsp3) is 0.588. The monoisotopic (exact) mass is 290 g/mol. The van der Waals surface area contributed by atoms with E-state index in [2.05, 4.69) is 24.3 Å². The van der Waals surface area contributed by atoms with Crippen molar-refractivity contribution in [2.45, 2.75) is 31.7 Å². The van der Waals surface area contributed by atoms with Gasteiger partial charge in [-0.2, -0.15) is 0 Å². The molecule has 1 fully saturated rings. The molecular formula is C17H26N2O2. The van der Waals surface area contributed by atoms with Crippen molar-refractivity contribution in [1.82, 2.24) is 4.90 Å². The number of methoxy groups -OCH3 is 1. The standard InChI is InChI=1S/C17H26N2O2/c1-21-12-9-16(18)17(20)19-10-7-15(8-11-19)13-14-5-3-2-4-6-14/h2-6,15-16H,7-13,18H2,1H3. The van der Waals surface area contributed by atoms with Gasteiger partial charge < -0.3 is 15.4 Å². The van der Waals surface area contributed by atoms with Crippen LogP contribution in [0.25, 0.3) is 0 Å². The third-order valence-corrected chi connectivity index (χ3v) is 4.24. The van der Waals surface area contributed by atoms with E-state index in [1.807, 2.05) is 11.0 Å². The Labute approximate surface area is 127 Å². The van der Waals surface area contributed by atoms with Crippen LogP contribution in [-0.2, 0) is 16.0 Å². The number of piperidine rings is 1. The summed E-state index contributed by atoms with van der Waals surface area (Å²) in [6, 6.07) is 10.2. The molecular weight excluding hydrogens is 264 g/mol. The van der Waals surface area contributed by atoms with E-state index in [0.29, 0.717) is 18.9 Å². The number of benzene rings is 1. The Hall–Kier alpha value is -1.39. The van der Waals surface area contributed by atoms with Crippen molar-refractivity contribution in [2.24, 2.45) is 11.7 Å². The van der Waals surface area contributed by atoms with Gasteiger partial charge in [-0.3, -0.25) is 4.79 Å². The fourth-order valence-corrected chi connectivity index (χ4v) is 2.91. The number of hydrogen-bond donors (Lipinski definition) is 1. The van der Waals surface area contributed by atoms with Crippen molar-refractivity contribution in [3.8, 4) is 0 Å². The summed E-state index contributed by atoms with van der Waals surface area (Å²) in [6.07, 6.45) is 3.84. The van der Waals surface area contributed by atoms with Gasteiger partial charge in [0.1, 0.15) is 0 Å². The summed E-state index contributed by atoms with van der Waals surface area (Å²) in [5, 5.41) is 0. The second-order valence-corrected chi connectivity index (χ2v) is 5.85. The van der Waals surface area contributed by atoms with Gasteiger partial charge in [-0.15, -0.1) is 0 Å². The van der Waals surface area contributed by atoms with Gasteiger partial charge in [0.15, 0.2) is 0 Å². The molecule has 1 aliphatic heterocycles. The highest BCUT2D eigenvalue weighted by Crippen LogP contribution is 2.22. The Morgan fingerprint density at radius 2 is 2.00 bits per heavy atom. The third-order valence-electron chi connectivity index (χ3n) is 4.24. The Bertz CT molecular complexity index is 428. The Kier molecular flexibility index (Phi) is 6.21. The highest BCUT2D eigenvalue weighted by atomic mass is 16.5. The third kappa shape index (κ3) is 4.83. The minimum absolute atomic E-state index is 0.0743. The molecule has 116 valence electrons. The summed E-state index contributed by atoms with van der Waals surface area (Å²) in [6.45, 7) is 2.20. The smallest absolute Gasteiger partial charge is 0.239 e. The maximum Gasteiger partial charge on any atom is 0.239 e. The molecule has 1 amide bonds. The highest BCUT2D eigenvalue weighted by Gasteiger charge is 2.26. The number of likely N-dealkylation sites (tertiary alicyclic amines) is 1. The number of hydrogen-bond acceptors (Lipinski definition) is 3. The molecule has 0 bridgehead atoms. The summed E-state index contributed by atoms with van der Waals surface area (Å²) in [4.78, 5) is 14.1. The van der Waals surface area contributed by atoms with Gasteiger partial charge in [-0.25, -0.2) is 0 Å². The average Bonchev–Trinajstić information content (AvgIpc) is 2.53. The molecule has 1 atom stereocenters. The molecule has 1 aromatic rings. The van der Waals surface area contributed by atoms with E-state index in [1.54, 1.807) is 7.11 Å². The van der Waals surface area contributed by atoms with Crippen molar-refractivity contribution in [3.05, 3.63) is 35.9 Å². The summed E-state index contributed by atoms with van der Waals surface area (Å²) in [5.41, 5.74) is 7.31. The van der Waals surface area contributed by atoms with Crippen LogP contribution in [0.3, 0.4) is 0 Å². The van der Waals surface area contributed by atoms with Crippen LogP contribution in [0.15, 0.2) is 30.3 Å². The van der Waals surface area contributed by atoms with Crippen LogP contribution in [0.2, 0.25) is 0 Å². The lowest BCUT2D eigenvalue weighted by molar-refractivity contribution is -0.134. The lowest BCUT2D eigenvalue weighted by Gasteiger charge is -2.33. The van der Waals surface area contributed by atoms with E-state index >= 15 is 0 Å². The van der Waals surface area contributed by atoms with E-state index in [0.717, 1.165) is 32.4 Å². The zero-order valence-electron chi connectivity index (χ0n) is 12.8. The second kappa shape index (κ2) is 8.15. The lowest BCUT2D eigenvalue weighted by atomic mass is 9.90. The van der Waals surface area contributed by atoms with Crippen LogP contribution < -0.4 is 5.73 Å². The maximum absolute atomic E-state index is 12.2. The molecule has 1 heterocycles. The normalized spacial score (nSPS) is 17.7. The van der Waals surface area contributed by atoms with Gasteiger partial charge in [-0.1, -0.05) is 30.3 Å². The molecule has 4 nitrogen and oxygen atoms in total. The van der Waals surface area contributed by atoms with Crippen LogP contribution in [0.4, 0.5) is 0 Å². The minimum atomic E-state index is -0.421. The molecule has 21 heavy (non-hydrogen) atoms. The van der Waals surface area contributed by atoms with Crippen molar-refractivity contribution in [1.29, 1.82) is 0 Å². The molecule has 0 saturated carbocycles. The van der Waals surface area contributed by atoms with Crippen LogP contribution in [0, 0.1) is 5.92 Å². The molecule has 0 spiro atoms. The number of ether oxygens (including phenoxy) is 1. The first kappa shape index (κ1) is 16.0. The van der Waals surface area contributed by atoms with E-state index in [1.165, 1.54) is 5.56 Å². The van der Waals surface area contributed by atoms with E-state index in [-0.39, 0.29) is 5.91 Å². The van der Waals surface area contributed by atoms with Gasteiger partial charge in [-0.05, 0) is 37.2 Å². The number of nitrogens with zero attached hydrogens (tertiary/aromatic N) is 1. The van der Waals surface area contributed by atoms with Gasteiger partial charge in [0.2, 0.25) is 5.91 Å². The van der Waals surface area contributed by atoms with E-state index in [9.17, 15) is 4.79 Å². The molecule has 1 aliphatic rings. The van der Waals surface area contributed by atoms with E-state index in [4.69, 9.17) is 10.5 Å². The first-order valence-corrected chi connectivity index (χ1v) is 7.78. The molecule has 2 rings (SSSR count). The maximum atomic E-state index is 12.2. The first-order chi connectivity index (χ1) is 10.2. The van der Waals surface area contributed by atoms with Crippen LogP contribution in [0.1, 0.15) is 24.8 Å². The zero-order chi connectivity index (χ0) is 15.1. The quantitative estimate of drug-likeness (QED) is 0.869. The van der Waals surface area contributed by atoms with Gasteiger partial charge >= 0.3 is 0 Å². The van der Waals surface area contributed by atoms with Crippen molar-refractivity contribution in [2.75, 3.05) is 26.8 Å². The summed E-state index contributed by atoms with van der Waals surface area (Å²) in [5.74, 6) is 0.747. The Morgan fingerprint density at radius 3 is 2.62 bits per heavy atom. The molecule has 1 saturated heterocycles. The molecule has 0 aromatic heterocycles. The highest BCUT2D eigenvalue weighted by molar-refractivity contribution is 5.81. The van der Waals surface area contributed by atoms with Crippen LogP contribution in [0.5, 0.6) is 0 Å². The molecule has 1 aromatic carbocycles. The first-order valence-electron chi connectivity index (χ1n) is 7.78. The molecule has 4 heteroatoms. The number of amides is 1. The summed E-state index contributed by atoms with van der Waals surface area (Å²) < 4.78 is 4.98. The zero-order valence-corrected chi connectivity index (χ0v) is 12.8. The fourth-order valence-electron chi connectivity index (χ4n) is 2.91. The predicted molar refractivity (Wildman–Crippen MR) is 83.9 cm³/mol. The second-order valence-electron chi connectivity index (χ2n) is 5.85. The average molecular weight is 290 g/mol. The Morgan fingerprint density at radius 1 is 1.33 bits per heavy atom. The molecule has 1 unspecified atom stereocenters. The van der Waals surface area contributed by atoms with Crippen molar-refractivity contribution >= 4 is 5.91 Å². The number of carbonyl (C=O) groups excluding carboxylic acids is 1. The molecule has 2 N–H and O–H groups in total. The van der Waals surface area contributed by atoms with Crippen LogP contribution >= 0.6 is 0 Å². The van der Waals surface area contributed by atoms with Gasteiger partial charge in [0, 0.05) is 26.8 Å². The summed E-state index contributed by atoms with van der Waals surface area (Å²) in [7, 11) is 1.63. The molecule has 0 aliphatic carbocycles. The number of rotatable bonds is 6.